The van der Waals surface area contributed by atoms with Crippen LogP contribution in [0.1, 0.15) is 31.2 Å². The van der Waals surface area contributed by atoms with Gasteiger partial charge < -0.3 is 5.32 Å². The normalized spacial score (nSPS) is 26.5. The van der Waals surface area contributed by atoms with Crippen molar-refractivity contribution in [1.29, 1.82) is 0 Å². The third-order valence-corrected chi connectivity index (χ3v) is 3.76. The third-order valence-electron chi connectivity index (χ3n) is 3.14. The highest BCUT2D eigenvalue weighted by Crippen LogP contribution is 2.22. The van der Waals surface area contributed by atoms with Crippen molar-refractivity contribution in [1.82, 2.24) is 5.32 Å². The Morgan fingerprint density at radius 1 is 1.13 bits per heavy atom. The van der Waals surface area contributed by atoms with Crippen LogP contribution in [-0.2, 0) is 6.54 Å². The summed E-state index contributed by atoms with van der Waals surface area (Å²) in [7, 11) is 0. The Hall–Kier alpha value is -0.470. The highest BCUT2D eigenvalue weighted by atomic mass is 32.1. The van der Waals surface area contributed by atoms with Crippen molar-refractivity contribution in [2.45, 2.75) is 43.5 Å². The Labute approximate surface area is 97.7 Å². The molecule has 1 aliphatic carbocycles. The standard InChI is InChI=1S/C13H19NS/c15-13-9-5-4-8-12(13)14-10-11-6-2-1-3-7-11/h1-3,6-7,12-15H,4-5,8-10H2. The minimum absolute atomic E-state index is 0.544. The maximum Gasteiger partial charge on any atom is 0.0208 e. The topological polar surface area (TPSA) is 12.0 Å². The molecule has 0 amide bonds. The van der Waals surface area contributed by atoms with Crippen LogP contribution < -0.4 is 5.32 Å². The molecule has 0 heterocycles. The number of hydrogen-bond donors (Lipinski definition) is 2. The molecule has 1 aliphatic rings. The Morgan fingerprint density at radius 3 is 2.60 bits per heavy atom. The summed E-state index contributed by atoms with van der Waals surface area (Å²) >= 11 is 4.64. The lowest BCUT2D eigenvalue weighted by molar-refractivity contribution is 0.384. The van der Waals surface area contributed by atoms with Gasteiger partial charge in [-0.1, -0.05) is 43.2 Å². The Morgan fingerprint density at radius 2 is 1.87 bits per heavy atom. The van der Waals surface area contributed by atoms with Crippen LogP contribution in [0.4, 0.5) is 0 Å². The molecule has 1 N–H and O–H groups in total. The predicted octanol–water partition coefficient (Wildman–Crippen LogP) is 3.02. The van der Waals surface area contributed by atoms with Gasteiger partial charge in [-0.25, -0.2) is 0 Å². The van der Waals surface area contributed by atoms with Gasteiger partial charge in [0.1, 0.15) is 0 Å². The van der Waals surface area contributed by atoms with E-state index in [1.807, 2.05) is 0 Å². The fraction of sp³-hybridized carbons (Fsp3) is 0.538. The molecule has 0 aromatic heterocycles. The van der Waals surface area contributed by atoms with Gasteiger partial charge in [-0.05, 0) is 18.4 Å². The van der Waals surface area contributed by atoms with Crippen molar-refractivity contribution >= 4 is 12.6 Å². The van der Waals surface area contributed by atoms with Crippen molar-refractivity contribution in [3.05, 3.63) is 35.9 Å². The van der Waals surface area contributed by atoms with Gasteiger partial charge in [0.25, 0.3) is 0 Å². The minimum Gasteiger partial charge on any atom is -0.309 e. The summed E-state index contributed by atoms with van der Waals surface area (Å²) in [5.41, 5.74) is 1.36. The van der Waals surface area contributed by atoms with Gasteiger partial charge in [0, 0.05) is 17.8 Å². The molecule has 2 heteroatoms. The van der Waals surface area contributed by atoms with E-state index in [-0.39, 0.29) is 0 Å². The van der Waals surface area contributed by atoms with Gasteiger partial charge in [-0.15, -0.1) is 0 Å². The van der Waals surface area contributed by atoms with E-state index in [9.17, 15) is 0 Å². The first-order valence-corrected chi connectivity index (χ1v) is 6.33. The van der Waals surface area contributed by atoms with Crippen molar-refractivity contribution in [3.8, 4) is 0 Å². The molecule has 15 heavy (non-hydrogen) atoms. The molecule has 1 aromatic carbocycles. The van der Waals surface area contributed by atoms with Gasteiger partial charge in [-0.2, -0.15) is 12.6 Å². The first kappa shape index (κ1) is 11.0. The zero-order valence-corrected chi connectivity index (χ0v) is 9.92. The van der Waals surface area contributed by atoms with Crippen molar-refractivity contribution in [2.75, 3.05) is 0 Å². The number of rotatable bonds is 3. The lowest BCUT2D eigenvalue weighted by Gasteiger charge is -2.29. The summed E-state index contributed by atoms with van der Waals surface area (Å²) in [5, 5.41) is 4.16. The SMILES string of the molecule is SC1CCCCC1NCc1ccccc1. The molecular weight excluding hydrogens is 202 g/mol. The second-order valence-corrected chi connectivity index (χ2v) is 4.99. The number of nitrogens with one attached hydrogen (secondary N) is 1. The monoisotopic (exact) mass is 221 g/mol. The maximum absolute atomic E-state index is 4.64. The fourth-order valence-electron chi connectivity index (χ4n) is 2.19. The summed E-state index contributed by atoms with van der Waals surface area (Å²) in [5.74, 6) is 0. The number of hydrogen-bond acceptors (Lipinski definition) is 2. The summed E-state index contributed by atoms with van der Waals surface area (Å²) < 4.78 is 0. The molecule has 0 spiro atoms. The largest absolute Gasteiger partial charge is 0.309 e. The number of benzene rings is 1. The van der Waals surface area contributed by atoms with Crippen molar-refractivity contribution in [3.63, 3.8) is 0 Å². The van der Waals surface area contributed by atoms with Gasteiger partial charge in [-0.3, -0.25) is 0 Å². The molecule has 0 aliphatic heterocycles. The highest BCUT2D eigenvalue weighted by molar-refractivity contribution is 7.81. The van der Waals surface area contributed by atoms with Crippen LogP contribution >= 0.6 is 12.6 Å². The van der Waals surface area contributed by atoms with Crippen molar-refractivity contribution in [2.24, 2.45) is 0 Å². The molecular formula is C13H19NS. The van der Waals surface area contributed by atoms with Gasteiger partial charge >= 0.3 is 0 Å². The minimum atomic E-state index is 0.544. The van der Waals surface area contributed by atoms with Gasteiger partial charge in [0.2, 0.25) is 0 Å². The Bertz CT molecular complexity index is 286. The van der Waals surface area contributed by atoms with E-state index in [1.54, 1.807) is 0 Å². The Balaban J connectivity index is 1.82. The molecule has 2 rings (SSSR count). The highest BCUT2D eigenvalue weighted by Gasteiger charge is 2.20. The van der Waals surface area contributed by atoms with Crippen LogP contribution in [0.15, 0.2) is 30.3 Å². The van der Waals surface area contributed by atoms with E-state index < -0.39 is 0 Å². The van der Waals surface area contributed by atoms with Gasteiger partial charge in [0.05, 0.1) is 0 Å². The molecule has 0 bridgehead atoms. The second kappa shape index (κ2) is 5.57. The Kier molecular flexibility index (Phi) is 4.09. The summed E-state index contributed by atoms with van der Waals surface area (Å²) in [6.07, 6.45) is 5.23. The van der Waals surface area contributed by atoms with Crippen LogP contribution in [0.3, 0.4) is 0 Å². The molecule has 1 nitrogen and oxygen atoms in total. The smallest absolute Gasteiger partial charge is 0.0208 e. The molecule has 82 valence electrons. The van der Waals surface area contributed by atoms with Crippen LogP contribution in [0.25, 0.3) is 0 Å². The summed E-state index contributed by atoms with van der Waals surface area (Å²) in [4.78, 5) is 0. The number of thiol groups is 1. The molecule has 2 unspecified atom stereocenters. The zero-order valence-electron chi connectivity index (χ0n) is 9.02. The van der Waals surface area contributed by atoms with Gasteiger partial charge in [0.15, 0.2) is 0 Å². The molecule has 1 saturated carbocycles. The van der Waals surface area contributed by atoms with Crippen molar-refractivity contribution < 1.29 is 0 Å². The summed E-state index contributed by atoms with van der Waals surface area (Å²) in [6.45, 7) is 0.975. The van der Waals surface area contributed by atoms with E-state index in [0.717, 1.165) is 6.54 Å². The van der Waals surface area contributed by atoms with E-state index >= 15 is 0 Å². The quantitative estimate of drug-likeness (QED) is 0.748. The first-order chi connectivity index (χ1) is 7.36. The zero-order chi connectivity index (χ0) is 10.5. The predicted molar refractivity (Wildman–Crippen MR) is 68.3 cm³/mol. The van der Waals surface area contributed by atoms with Crippen LogP contribution in [0, 0.1) is 0 Å². The lowest BCUT2D eigenvalue weighted by atomic mass is 9.94. The van der Waals surface area contributed by atoms with Crippen LogP contribution in [0.2, 0.25) is 0 Å². The average Bonchev–Trinajstić information content (AvgIpc) is 2.29. The van der Waals surface area contributed by atoms with Crippen LogP contribution in [0.5, 0.6) is 0 Å². The van der Waals surface area contributed by atoms with E-state index in [4.69, 9.17) is 0 Å². The lowest BCUT2D eigenvalue weighted by Crippen LogP contribution is -2.38. The average molecular weight is 221 g/mol. The molecule has 2 atom stereocenters. The van der Waals surface area contributed by atoms with E-state index in [2.05, 4.69) is 48.3 Å². The maximum atomic E-state index is 4.64. The summed E-state index contributed by atoms with van der Waals surface area (Å²) in [6, 6.07) is 11.2. The molecule has 0 radical (unpaired) electrons. The fourth-order valence-corrected chi connectivity index (χ4v) is 2.63. The van der Waals surface area contributed by atoms with E-state index in [0.29, 0.717) is 11.3 Å². The van der Waals surface area contributed by atoms with E-state index in [1.165, 1.54) is 31.2 Å². The molecule has 1 aromatic rings. The van der Waals surface area contributed by atoms with Crippen LogP contribution in [-0.4, -0.2) is 11.3 Å². The first-order valence-electron chi connectivity index (χ1n) is 5.81. The second-order valence-electron chi connectivity index (χ2n) is 4.32. The molecule has 1 fully saturated rings. The molecule has 0 saturated heterocycles. The third kappa shape index (κ3) is 3.25.